The Hall–Kier alpha value is -1.36. The molecule has 29 heavy (non-hydrogen) atoms. The van der Waals surface area contributed by atoms with Crippen LogP contribution in [-0.4, -0.2) is 36.4 Å². The van der Waals surface area contributed by atoms with E-state index in [9.17, 15) is 14.7 Å². The molecule has 1 spiro atoms. The van der Waals surface area contributed by atoms with E-state index in [-0.39, 0.29) is 40.9 Å². The van der Waals surface area contributed by atoms with Crippen molar-refractivity contribution >= 4 is 11.9 Å². The molecule has 0 aliphatic heterocycles. The van der Waals surface area contributed by atoms with Crippen LogP contribution in [0, 0.1) is 34.0 Å². The molecule has 7 atom stereocenters. The average Bonchev–Trinajstić information content (AvgIpc) is 2.93. The number of esters is 2. The van der Waals surface area contributed by atoms with Crippen LogP contribution >= 0.6 is 0 Å². The van der Waals surface area contributed by atoms with E-state index in [2.05, 4.69) is 19.9 Å². The van der Waals surface area contributed by atoms with Crippen LogP contribution in [-0.2, 0) is 19.1 Å². The normalized spacial score (nSPS) is 45.6. The molecule has 162 valence electrons. The zero-order chi connectivity index (χ0) is 21.0. The van der Waals surface area contributed by atoms with E-state index in [1.807, 2.05) is 0 Å². The van der Waals surface area contributed by atoms with Gasteiger partial charge < -0.3 is 14.6 Å². The third-order valence-corrected chi connectivity index (χ3v) is 9.09. The molecule has 0 saturated heterocycles. The van der Waals surface area contributed by atoms with Crippen LogP contribution in [0.4, 0.5) is 0 Å². The minimum absolute atomic E-state index is 0.118. The molecule has 0 aromatic heterocycles. The Morgan fingerprint density at radius 3 is 2.55 bits per heavy atom. The van der Waals surface area contributed by atoms with Gasteiger partial charge in [-0.1, -0.05) is 26.3 Å². The number of hydrogen-bond donors (Lipinski definition) is 1. The van der Waals surface area contributed by atoms with Crippen molar-refractivity contribution in [1.29, 1.82) is 0 Å². The summed E-state index contributed by atoms with van der Waals surface area (Å²) in [5.74, 6) is 0.708. The molecule has 7 unspecified atom stereocenters. The Morgan fingerprint density at radius 2 is 1.90 bits per heavy atom. The standard InChI is InChI=1S/C24H36O5/c1-15(26)28-13-18-12-24-11-17(18)6-7-19(24)23(4)9-5-8-22(3,14-25)20(23)10-21(24)29-16(2)27/h12,17,19-21,25H,5-11,13-14H2,1-4H3. The Morgan fingerprint density at radius 1 is 1.14 bits per heavy atom. The molecule has 3 saturated carbocycles. The molecule has 5 nitrogen and oxygen atoms in total. The maximum absolute atomic E-state index is 12.1. The maximum Gasteiger partial charge on any atom is 0.302 e. The molecule has 0 aromatic carbocycles. The highest BCUT2D eigenvalue weighted by Gasteiger charge is 2.67. The molecule has 0 heterocycles. The summed E-state index contributed by atoms with van der Waals surface area (Å²) in [7, 11) is 0. The highest BCUT2D eigenvalue weighted by molar-refractivity contribution is 5.66. The molecular formula is C24H36O5. The van der Waals surface area contributed by atoms with E-state index in [4.69, 9.17) is 9.47 Å². The monoisotopic (exact) mass is 404 g/mol. The van der Waals surface area contributed by atoms with Crippen LogP contribution in [0.3, 0.4) is 0 Å². The van der Waals surface area contributed by atoms with Crippen LogP contribution in [0.15, 0.2) is 11.6 Å². The number of aliphatic hydroxyl groups excluding tert-OH is 1. The molecule has 1 N–H and O–H groups in total. The lowest BCUT2D eigenvalue weighted by atomic mass is 9.40. The summed E-state index contributed by atoms with van der Waals surface area (Å²) in [5, 5.41) is 10.3. The fourth-order valence-electron chi connectivity index (χ4n) is 7.95. The van der Waals surface area contributed by atoms with Gasteiger partial charge in [-0.25, -0.2) is 0 Å². The maximum atomic E-state index is 12.1. The zero-order valence-corrected chi connectivity index (χ0v) is 18.3. The van der Waals surface area contributed by atoms with Gasteiger partial charge >= 0.3 is 11.9 Å². The third-order valence-electron chi connectivity index (χ3n) is 9.09. The van der Waals surface area contributed by atoms with Crippen molar-refractivity contribution in [1.82, 2.24) is 0 Å². The van der Waals surface area contributed by atoms with Gasteiger partial charge in [-0.2, -0.15) is 0 Å². The molecule has 4 rings (SSSR count). The minimum Gasteiger partial charge on any atom is -0.462 e. The molecule has 4 aliphatic carbocycles. The van der Waals surface area contributed by atoms with Crippen molar-refractivity contribution in [3.63, 3.8) is 0 Å². The van der Waals surface area contributed by atoms with Crippen molar-refractivity contribution in [2.45, 2.75) is 78.7 Å². The number of rotatable bonds is 4. The first-order chi connectivity index (χ1) is 13.6. The number of hydrogen-bond acceptors (Lipinski definition) is 5. The van der Waals surface area contributed by atoms with Crippen LogP contribution in [0.5, 0.6) is 0 Å². The number of fused-ring (bicyclic) bond motifs is 3. The van der Waals surface area contributed by atoms with Gasteiger partial charge in [0.15, 0.2) is 0 Å². The van der Waals surface area contributed by atoms with Crippen LogP contribution < -0.4 is 0 Å². The lowest BCUT2D eigenvalue weighted by molar-refractivity contribution is -0.208. The predicted molar refractivity (Wildman–Crippen MR) is 109 cm³/mol. The Bertz CT molecular complexity index is 729. The van der Waals surface area contributed by atoms with Crippen molar-refractivity contribution < 1.29 is 24.2 Å². The van der Waals surface area contributed by atoms with Crippen molar-refractivity contribution in [2.75, 3.05) is 13.2 Å². The van der Waals surface area contributed by atoms with Crippen LogP contribution in [0.1, 0.15) is 72.6 Å². The van der Waals surface area contributed by atoms with Gasteiger partial charge in [0, 0.05) is 25.9 Å². The van der Waals surface area contributed by atoms with Gasteiger partial charge in [-0.15, -0.1) is 0 Å². The highest BCUT2D eigenvalue weighted by atomic mass is 16.5. The predicted octanol–water partition coefficient (Wildman–Crippen LogP) is 4.03. The topological polar surface area (TPSA) is 72.8 Å². The molecule has 4 aliphatic rings. The van der Waals surface area contributed by atoms with Crippen LogP contribution in [0.2, 0.25) is 0 Å². The van der Waals surface area contributed by atoms with Crippen LogP contribution in [0.25, 0.3) is 0 Å². The van der Waals surface area contributed by atoms with Gasteiger partial charge in [0.05, 0.1) is 0 Å². The molecule has 0 radical (unpaired) electrons. The lowest BCUT2D eigenvalue weighted by Crippen LogP contribution is -2.62. The zero-order valence-electron chi connectivity index (χ0n) is 18.3. The fraction of sp³-hybridized carbons (Fsp3) is 0.833. The second-order valence-corrected chi connectivity index (χ2v) is 10.7. The lowest BCUT2D eigenvalue weighted by Gasteiger charge is -2.65. The second-order valence-electron chi connectivity index (χ2n) is 10.7. The quantitative estimate of drug-likeness (QED) is 0.566. The minimum atomic E-state index is -0.250. The first kappa shape index (κ1) is 20.9. The van der Waals surface area contributed by atoms with Gasteiger partial charge in [-0.3, -0.25) is 9.59 Å². The second kappa shape index (κ2) is 7.11. The van der Waals surface area contributed by atoms with E-state index in [0.29, 0.717) is 24.4 Å². The molecule has 2 bridgehead atoms. The van der Waals surface area contributed by atoms with Crippen molar-refractivity contribution in [3.05, 3.63) is 11.6 Å². The third kappa shape index (κ3) is 3.15. The number of ether oxygens (including phenoxy) is 2. The molecule has 5 heteroatoms. The largest absolute Gasteiger partial charge is 0.462 e. The first-order valence-corrected chi connectivity index (χ1v) is 11.3. The van der Waals surface area contributed by atoms with E-state index in [1.54, 1.807) is 0 Å². The van der Waals surface area contributed by atoms with Gasteiger partial charge in [0.25, 0.3) is 0 Å². The summed E-state index contributed by atoms with van der Waals surface area (Å²) >= 11 is 0. The van der Waals surface area contributed by atoms with E-state index in [1.165, 1.54) is 25.8 Å². The summed E-state index contributed by atoms with van der Waals surface area (Å²) < 4.78 is 11.4. The number of carbonyl (C=O) groups is 2. The highest BCUT2D eigenvalue weighted by Crippen LogP contribution is 2.71. The average molecular weight is 405 g/mol. The van der Waals surface area contributed by atoms with Gasteiger partial charge in [-0.05, 0) is 72.7 Å². The van der Waals surface area contributed by atoms with E-state index < -0.39 is 0 Å². The summed E-state index contributed by atoms with van der Waals surface area (Å²) in [6, 6.07) is 0. The number of aliphatic hydroxyl groups is 1. The SMILES string of the molecule is CC(=O)OCC1=CC23CC1CCC2C1(C)CCCC(C)(CO)C1CC3OC(C)=O. The van der Waals surface area contributed by atoms with Gasteiger partial charge in [0.2, 0.25) is 0 Å². The van der Waals surface area contributed by atoms with Gasteiger partial charge in [0.1, 0.15) is 12.7 Å². The smallest absolute Gasteiger partial charge is 0.302 e. The first-order valence-electron chi connectivity index (χ1n) is 11.3. The van der Waals surface area contributed by atoms with Crippen molar-refractivity contribution in [2.24, 2.45) is 34.0 Å². The number of carbonyl (C=O) groups excluding carboxylic acids is 2. The summed E-state index contributed by atoms with van der Waals surface area (Å²) in [4.78, 5) is 23.4. The Balaban J connectivity index is 1.76. The molecule has 0 aromatic rings. The summed E-state index contributed by atoms with van der Waals surface area (Å²) in [6.07, 6.45) is 9.54. The van der Waals surface area contributed by atoms with E-state index in [0.717, 1.165) is 38.5 Å². The molecular weight excluding hydrogens is 368 g/mol. The fourth-order valence-corrected chi connectivity index (χ4v) is 7.95. The van der Waals surface area contributed by atoms with Crippen molar-refractivity contribution in [3.8, 4) is 0 Å². The van der Waals surface area contributed by atoms with E-state index >= 15 is 0 Å². The summed E-state index contributed by atoms with van der Waals surface area (Å²) in [6.45, 7) is 8.16. The molecule has 0 amide bonds. The molecule has 3 fully saturated rings. The summed E-state index contributed by atoms with van der Waals surface area (Å²) in [5.41, 5.74) is 1.06. The Labute approximate surface area is 174 Å². The Kier molecular flexibility index (Phi) is 5.12.